The van der Waals surface area contributed by atoms with E-state index in [-0.39, 0.29) is 5.43 Å². The van der Waals surface area contributed by atoms with Crippen LogP contribution in [0.2, 0.25) is 0 Å². The number of nitrogens with zero attached hydrogens (tertiary/aromatic N) is 1. The molecule has 0 fully saturated rings. The standard InChI is InChI=1S/C16H10N2O2/c17-12-8-15-16(11-4-2-1-3-10(11)12)18-13-6-5-9(19)7-14(13)20-15/h1-8H,17H2. The van der Waals surface area contributed by atoms with Crippen molar-refractivity contribution >= 4 is 27.6 Å². The van der Waals surface area contributed by atoms with E-state index in [1.54, 1.807) is 12.1 Å². The minimum absolute atomic E-state index is 0.101. The van der Waals surface area contributed by atoms with E-state index in [4.69, 9.17) is 10.2 Å². The van der Waals surface area contributed by atoms with Gasteiger partial charge < -0.3 is 10.2 Å². The van der Waals surface area contributed by atoms with E-state index in [9.17, 15) is 4.79 Å². The van der Waals surface area contributed by atoms with E-state index >= 15 is 0 Å². The minimum atomic E-state index is -0.101. The van der Waals surface area contributed by atoms with Crippen molar-refractivity contribution < 1.29 is 4.42 Å². The van der Waals surface area contributed by atoms with Crippen molar-refractivity contribution in [2.75, 3.05) is 5.73 Å². The zero-order valence-corrected chi connectivity index (χ0v) is 10.5. The molecule has 2 aromatic rings. The van der Waals surface area contributed by atoms with Gasteiger partial charge in [0, 0.05) is 28.6 Å². The first kappa shape index (κ1) is 11.0. The maximum Gasteiger partial charge on any atom is 0.182 e. The second kappa shape index (κ2) is 3.81. The molecule has 2 aromatic carbocycles. The number of hydrogen-bond acceptors (Lipinski definition) is 4. The summed E-state index contributed by atoms with van der Waals surface area (Å²) in [6.07, 6.45) is 0. The average molecular weight is 262 g/mol. The van der Waals surface area contributed by atoms with Crippen LogP contribution in [0, 0.1) is 0 Å². The Balaban J connectivity index is 2.26. The Kier molecular flexibility index (Phi) is 2.09. The molecular weight excluding hydrogens is 252 g/mol. The van der Waals surface area contributed by atoms with Crippen LogP contribution in [-0.2, 0) is 0 Å². The molecule has 4 rings (SSSR count). The maximum absolute atomic E-state index is 11.4. The van der Waals surface area contributed by atoms with Gasteiger partial charge in [0.2, 0.25) is 0 Å². The highest BCUT2D eigenvalue weighted by Gasteiger charge is 2.12. The summed E-state index contributed by atoms with van der Waals surface area (Å²) in [7, 11) is 0. The molecule has 2 N–H and O–H groups in total. The zero-order chi connectivity index (χ0) is 13.7. The van der Waals surface area contributed by atoms with E-state index in [1.807, 2.05) is 24.3 Å². The highest BCUT2D eigenvalue weighted by Crippen LogP contribution is 2.32. The van der Waals surface area contributed by atoms with Crippen molar-refractivity contribution in [3.05, 3.63) is 58.8 Å². The molecule has 1 heterocycles. The molecule has 0 bridgehead atoms. The SMILES string of the molecule is Nc1cc2oc3cc(=O)ccc-3nc2c2ccccc12. The molecule has 0 aromatic heterocycles. The van der Waals surface area contributed by atoms with Crippen LogP contribution in [0.15, 0.2) is 57.7 Å². The largest absolute Gasteiger partial charge is 0.453 e. The van der Waals surface area contributed by atoms with E-state index < -0.39 is 0 Å². The van der Waals surface area contributed by atoms with Gasteiger partial charge in [0.25, 0.3) is 0 Å². The van der Waals surface area contributed by atoms with Gasteiger partial charge >= 0.3 is 0 Å². The number of nitrogen functional groups attached to an aromatic ring is 1. The summed E-state index contributed by atoms with van der Waals surface area (Å²) < 4.78 is 5.77. The van der Waals surface area contributed by atoms with Gasteiger partial charge in [0.1, 0.15) is 11.2 Å². The van der Waals surface area contributed by atoms with Crippen molar-refractivity contribution in [2.45, 2.75) is 0 Å². The van der Waals surface area contributed by atoms with Crippen LogP contribution in [0.4, 0.5) is 5.69 Å². The van der Waals surface area contributed by atoms with Gasteiger partial charge in [-0.15, -0.1) is 0 Å². The summed E-state index contributed by atoms with van der Waals surface area (Å²) in [6, 6.07) is 14.1. The van der Waals surface area contributed by atoms with Gasteiger partial charge in [-0.2, -0.15) is 0 Å². The number of nitrogens with two attached hydrogens (primary N) is 1. The molecule has 0 saturated heterocycles. The molecule has 0 unspecified atom stereocenters. The number of hydrogen-bond donors (Lipinski definition) is 1. The first-order valence-electron chi connectivity index (χ1n) is 6.24. The summed E-state index contributed by atoms with van der Waals surface area (Å²) in [5.74, 6) is 0.472. The van der Waals surface area contributed by atoms with Gasteiger partial charge in [-0.05, 0) is 12.1 Å². The quantitative estimate of drug-likeness (QED) is 0.300. The molecule has 4 nitrogen and oxygen atoms in total. The van der Waals surface area contributed by atoms with Gasteiger partial charge in [0.15, 0.2) is 16.8 Å². The fraction of sp³-hybridized carbons (Fsp3) is 0. The topological polar surface area (TPSA) is 69.1 Å². The molecule has 2 aliphatic rings. The minimum Gasteiger partial charge on any atom is -0.453 e. The zero-order valence-electron chi connectivity index (χ0n) is 10.5. The lowest BCUT2D eigenvalue weighted by Gasteiger charge is -2.09. The molecule has 0 saturated carbocycles. The molecule has 96 valence electrons. The Bertz CT molecular complexity index is 988. The van der Waals surface area contributed by atoms with Gasteiger partial charge in [0.05, 0.1) is 0 Å². The number of fused-ring (bicyclic) bond motifs is 4. The van der Waals surface area contributed by atoms with Crippen LogP contribution in [0.25, 0.3) is 33.3 Å². The number of anilines is 1. The molecule has 0 spiro atoms. The highest BCUT2D eigenvalue weighted by molar-refractivity contribution is 6.09. The maximum atomic E-state index is 11.4. The summed E-state index contributed by atoms with van der Waals surface area (Å²) in [5, 5.41) is 1.89. The average Bonchev–Trinajstić information content (AvgIpc) is 2.46. The van der Waals surface area contributed by atoms with Crippen LogP contribution in [0.1, 0.15) is 0 Å². The lowest BCUT2D eigenvalue weighted by molar-refractivity contribution is 0.613. The summed E-state index contributed by atoms with van der Waals surface area (Å²) in [6.45, 7) is 0. The molecule has 20 heavy (non-hydrogen) atoms. The van der Waals surface area contributed by atoms with Gasteiger partial charge in [-0.3, -0.25) is 4.79 Å². The Labute approximate surface area is 113 Å². The number of benzene rings is 3. The van der Waals surface area contributed by atoms with E-state index in [0.29, 0.717) is 22.7 Å². The summed E-state index contributed by atoms with van der Waals surface area (Å²) >= 11 is 0. The summed E-state index contributed by atoms with van der Waals surface area (Å²) in [4.78, 5) is 16.0. The first-order chi connectivity index (χ1) is 9.72. The number of aromatic nitrogens is 1. The fourth-order valence-corrected chi connectivity index (χ4v) is 2.46. The van der Waals surface area contributed by atoms with Crippen molar-refractivity contribution in [1.82, 2.24) is 4.98 Å². The van der Waals surface area contributed by atoms with Crippen molar-refractivity contribution in [3.63, 3.8) is 0 Å². The second-order valence-electron chi connectivity index (χ2n) is 4.70. The van der Waals surface area contributed by atoms with Crippen molar-refractivity contribution in [2.24, 2.45) is 0 Å². The van der Waals surface area contributed by atoms with Crippen LogP contribution in [0.3, 0.4) is 0 Å². The van der Waals surface area contributed by atoms with E-state index in [0.717, 1.165) is 16.3 Å². The van der Waals surface area contributed by atoms with E-state index in [2.05, 4.69) is 4.98 Å². The lowest BCUT2D eigenvalue weighted by atomic mass is 10.1. The fourth-order valence-electron chi connectivity index (χ4n) is 2.46. The predicted molar refractivity (Wildman–Crippen MR) is 78.8 cm³/mol. The third-order valence-electron chi connectivity index (χ3n) is 3.40. The Morgan fingerprint density at radius 3 is 2.65 bits per heavy atom. The summed E-state index contributed by atoms with van der Waals surface area (Å²) in [5.41, 5.74) is 8.57. The molecular formula is C16H10N2O2. The second-order valence-corrected chi connectivity index (χ2v) is 4.70. The number of rotatable bonds is 0. The normalized spacial score (nSPS) is 11.4. The highest BCUT2D eigenvalue weighted by atomic mass is 16.3. The smallest absolute Gasteiger partial charge is 0.182 e. The van der Waals surface area contributed by atoms with Gasteiger partial charge in [-0.25, -0.2) is 4.98 Å². The Morgan fingerprint density at radius 2 is 1.80 bits per heavy atom. The lowest BCUT2D eigenvalue weighted by Crippen LogP contribution is -2.00. The monoisotopic (exact) mass is 262 g/mol. The molecule has 0 radical (unpaired) electrons. The van der Waals surface area contributed by atoms with Crippen molar-refractivity contribution in [3.8, 4) is 11.5 Å². The Morgan fingerprint density at radius 1 is 1.00 bits per heavy atom. The molecule has 4 heteroatoms. The molecule has 1 aliphatic carbocycles. The van der Waals surface area contributed by atoms with E-state index in [1.165, 1.54) is 12.1 Å². The third-order valence-corrected chi connectivity index (χ3v) is 3.40. The third kappa shape index (κ3) is 1.48. The van der Waals surface area contributed by atoms with Crippen LogP contribution < -0.4 is 11.2 Å². The first-order valence-corrected chi connectivity index (χ1v) is 6.24. The predicted octanol–water partition coefficient (Wildman–Crippen LogP) is 3.03. The van der Waals surface area contributed by atoms with Crippen LogP contribution in [0.5, 0.6) is 0 Å². The molecule has 0 amide bonds. The van der Waals surface area contributed by atoms with Crippen LogP contribution in [-0.4, -0.2) is 4.98 Å². The Hall–Kier alpha value is -2.88. The molecule has 0 atom stereocenters. The van der Waals surface area contributed by atoms with Gasteiger partial charge in [-0.1, -0.05) is 24.3 Å². The molecule has 1 aliphatic heterocycles. The van der Waals surface area contributed by atoms with Crippen LogP contribution >= 0.6 is 0 Å². The van der Waals surface area contributed by atoms with Crippen molar-refractivity contribution in [1.29, 1.82) is 0 Å².